The average Bonchev–Trinajstić information content (AvgIpc) is 2.81. The Kier molecular flexibility index (Phi) is 2.97. The Labute approximate surface area is 117 Å². The van der Waals surface area contributed by atoms with Crippen LogP contribution in [0.25, 0.3) is 0 Å². The Hall–Kier alpha value is -2.30. The summed E-state index contributed by atoms with van der Waals surface area (Å²) in [6, 6.07) is 9.10. The molecule has 2 aliphatic heterocycles. The maximum Gasteiger partial charge on any atom is 0.322 e. The molecule has 5 heteroatoms. The van der Waals surface area contributed by atoms with Gasteiger partial charge in [0.1, 0.15) is 0 Å². The molecule has 0 saturated carbocycles. The molecule has 3 rings (SSSR count). The van der Waals surface area contributed by atoms with Crippen LogP contribution in [0.3, 0.4) is 0 Å². The van der Waals surface area contributed by atoms with E-state index in [4.69, 9.17) is 0 Å². The number of nitrogens with zero attached hydrogens (tertiary/aromatic N) is 2. The SMILES string of the molecule is CCN1CC2=C(C1=O)C(c1ccccc1)NC(=O)N2C. The van der Waals surface area contributed by atoms with E-state index in [1.165, 1.54) is 0 Å². The van der Waals surface area contributed by atoms with Crippen LogP contribution < -0.4 is 5.32 Å². The first-order chi connectivity index (χ1) is 9.63. The molecule has 2 heterocycles. The van der Waals surface area contributed by atoms with Crippen LogP contribution in [-0.2, 0) is 4.79 Å². The minimum Gasteiger partial charge on any atom is -0.333 e. The topological polar surface area (TPSA) is 52.7 Å². The summed E-state index contributed by atoms with van der Waals surface area (Å²) in [5.41, 5.74) is 2.45. The number of rotatable bonds is 2. The number of hydrogen-bond donors (Lipinski definition) is 1. The average molecular weight is 271 g/mol. The van der Waals surface area contributed by atoms with Gasteiger partial charge in [0.15, 0.2) is 0 Å². The molecule has 104 valence electrons. The minimum atomic E-state index is -0.348. The fourth-order valence-electron chi connectivity index (χ4n) is 2.77. The molecule has 2 aliphatic rings. The molecule has 0 aromatic heterocycles. The first-order valence-corrected chi connectivity index (χ1v) is 6.75. The van der Waals surface area contributed by atoms with Crippen molar-refractivity contribution in [3.8, 4) is 0 Å². The third-order valence-electron chi connectivity index (χ3n) is 3.95. The van der Waals surface area contributed by atoms with Gasteiger partial charge in [0.05, 0.1) is 23.9 Å². The molecule has 0 saturated heterocycles. The number of carbonyl (C=O) groups excluding carboxylic acids is 2. The number of carbonyl (C=O) groups is 2. The summed E-state index contributed by atoms with van der Waals surface area (Å²) < 4.78 is 0. The molecule has 1 N–H and O–H groups in total. The molecular weight excluding hydrogens is 254 g/mol. The highest BCUT2D eigenvalue weighted by Gasteiger charge is 2.42. The zero-order valence-corrected chi connectivity index (χ0v) is 11.6. The van der Waals surface area contributed by atoms with Crippen molar-refractivity contribution in [2.24, 2.45) is 0 Å². The number of amides is 3. The summed E-state index contributed by atoms with van der Waals surface area (Å²) in [6.07, 6.45) is 0. The van der Waals surface area contributed by atoms with Crippen molar-refractivity contribution in [3.05, 3.63) is 47.2 Å². The lowest BCUT2D eigenvalue weighted by molar-refractivity contribution is -0.125. The predicted molar refractivity (Wildman–Crippen MR) is 74.8 cm³/mol. The van der Waals surface area contributed by atoms with Crippen LogP contribution in [-0.4, -0.2) is 41.9 Å². The second kappa shape index (κ2) is 4.67. The summed E-state index contributed by atoms with van der Waals surface area (Å²) in [6.45, 7) is 3.11. The minimum absolute atomic E-state index is 0.0169. The molecule has 1 atom stereocenters. The van der Waals surface area contributed by atoms with Gasteiger partial charge in [0.2, 0.25) is 0 Å². The Morgan fingerprint density at radius 3 is 2.60 bits per heavy atom. The normalized spacial score (nSPS) is 22.2. The molecule has 1 aromatic rings. The van der Waals surface area contributed by atoms with Gasteiger partial charge in [-0.1, -0.05) is 30.3 Å². The predicted octanol–water partition coefficient (Wildman–Crippen LogP) is 1.50. The van der Waals surface area contributed by atoms with Crippen LogP contribution in [0.1, 0.15) is 18.5 Å². The number of likely N-dealkylation sites (N-methyl/N-ethyl adjacent to an activating group) is 2. The van der Waals surface area contributed by atoms with Gasteiger partial charge in [0.25, 0.3) is 5.91 Å². The van der Waals surface area contributed by atoms with Crippen LogP contribution >= 0.6 is 0 Å². The van der Waals surface area contributed by atoms with Gasteiger partial charge in [-0.25, -0.2) is 4.79 Å². The Morgan fingerprint density at radius 1 is 1.25 bits per heavy atom. The molecule has 3 amide bonds. The quantitative estimate of drug-likeness (QED) is 0.886. The van der Waals surface area contributed by atoms with Crippen molar-refractivity contribution < 1.29 is 9.59 Å². The first-order valence-electron chi connectivity index (χ1n) is 6.75. The fraction of sp³-hybridized carbons (Fsp3) is 0.333. The molecule has 5 nitrogen and oxygen atoms in total. The number of benzene rings is 1. The molecule has 1 unspecified atom stereocenters. The van der Waals surface area contributed by atoms with E-state index in [1.807, 2.05) is 37.3 Å². The molecule has 0 bridgehead atoms. The monoisotopic (exact) mass is 271 g/mol. The Balaban J connectivity index is 2.07. The maximum atomic E-state index is 12.5. The van der Waals surface area contributed by atoms with Crippen molar-refractivity contribution in [2.45, 2.75) is 13.0 Å². The summed E-state index contributed by atoms with van der Waals surface area (Å²) in [5.74, 6) is 0.0169. The van der Waals surface area contributed by atoms with E-state index in [1.54, 1.807) is 16.8 Å². The summed E-state index contributed by atoms with van der Waals surface area (Å²) in [5, 5.41) is 2.91. The van der Waals surface area contributed by atoms with Crippen LogP contribution in [0.2, 0.25) is 0 Å². The fourth-order valence-corrected chi connectivity index (χ4v) is 2.77. The number of urea groups is 1. The molecule has 1 aromatic carbocycles. The van der Waals surface area contributed by atoms with E-state index in [-0.39, 0.29) is 18.0 Å². The van der Waals surface area contributed by atoms with Crippen LogP contribution in [0.5, 0.6) is 0 Å². The zero-order valence-electron chi connectivity index (χ0n) is 11.6. The third kappa shape index (κ3) is 1.78. The van der Waals surface area contributed by atoms with E-state index in [2.05, 4.69) is 5.32 Å². The van der Waals surface area contributed by atoms with Gasteiger partial charge >= 0.3 is 6.03 Å². The molecule has 0 spiro atoms. The lowest BCUT2D eigenvalue weighted by Crippen LogP contribution is -2.45. The lowest BCUT2D eigenvalue weighted by atomic mass is 9.96. The highest BCUT2D eigenvalue weighted by atomic mass is 16.2. The van der Waals surface area contributed by atoms with Crippen LogP contribution in [0.4, 0.5) is 4.79 Å². The molecular formula is C15H17N3O2. The maximum absolute atomic E-state index is 12.5. The second-order valence-electron chi connectivity index (χ2n) is 5.03. The second-order valence-corrected chi connectivity index (χ2v) is 5.03. The van der Waals surface area contributed by atoms with Gasteiger partial charge in [-0.15, -0.1) is 0 Å². The molecule has 0 aliphatic carbocycles. The molecule has 0 radical (unpaired) electrons. The van der Waals surface area contributed by atoms with Gasteiger partial charge < -0.3 is 10.2 Å². The van der Waals surface area contributed by atoms with Gasteiger partial charge in [-0.3, -0.25) is 9.69 Å². The van der Waals surface area contributed by atoms with E-state index in [0.29, 0.717) is 18.7 Å². The largest absolute Gasteiger partial charge is 0.333 e. The Morgan fingerprint density at radius 2 is 1.95 bits per heavy atom. The van der Waals surface area contributed by atoms with Crippen molar-refractivity contribution >= 4 is 11.9 Å². The third-order valence-corrected chi connectivity index (χ3v) is 3.95. The van der Waals surface area contributed by atoms with Crippen LogP contribution in [0.15, 0.2) is 41.6 Å². The lowest BCUT2D eigenvalue weighted by Gasteiger charge is -2.31. The smallest absolute Gasteiger partial charge is 0.322 e. The molecule has 0 fully saturated rings. The highest BCUT2D eigenvalue weighted by molar-refractivity contribution is 6.01. The van der Waals surface area contributed by atoms with Gasteiger partial charge in [-0.05, 0) is 12.5 Å². The van der Waals surface area contributed by atoms with Gasteiger partial charge in [0, 0.05) is 13.6 Å². The van der Waals surface area contributed by atoms with E-state index < -0.39 is 0 Å². The van der Waals surface area contributed by atoms with Crippen molar-refractivity contribution in [3.63, 3.8) is 0 Å². The molecule has 20 heavy (non-hydrogen) atoms. The number of hydrogen-bond acceptors (Lipinski definition) is 2. The summed E-state index contributed by atoms with van der Waals surface area (Å²) >= 11 is 0. The Bertz CT molecular complexity index is 594. The van der Waals surface area contributed by atoms with Gasteiger partial charge in [-0.2, -0.15) is 0 Å². The van der Waals surface area contributed by atoms with Crippen LogP contribution in [0, 0.1) is 0 Å². The van der Waals surface area contributed by atoms with E-state index in [9.17, 15) is 9.59 Å². The zero-order chi connectivity index (χ0) is 14.3. The standard InChI is InChI=1S/C15H17N3O2/c1-3-18-9-11-12(14(18)19)13(16-15(20)17(11)2)10-7-5-4-6-8-10/h4-8,13H,3,9H2,1-2H3,(H,16,20). The van der Waals surface area contributed by atoms with Crippen molar-refractivity contribution in [2.75, 3.05) is 20.1 Å². The number of nitrogens with one attached hydrogen (secondary N) is 1. The highest BCUT2D eigenvalue weighted by Crippen LogP contribution is 2.35. The van der Waals surface area contributed by atoms with E-state index in [0.717, 1.165) is 11.3 Å². The summed E-state index contributed by atoms with van der Waals surface area (Å²) in [7, 11) is 1.71. The first kappa shape index (κ1) is 12.7. The van der Waals surface area contributed by atoms with Crippen molar-refractivity contribution in [1.29, 1.82) is 0 Å². The van der Waals surface area contributed by atoms with E-state index >= 15 is 0 Å². The summed E-state index contributed by atoms with van der Waals surface area (Å²) in [4.78, 5) is 27.9. The van der Waals surface area contributed by atoms with Crippen molar-refractivity contribution in [1.82, 2.24) is 15.1 Å².